The average Bonchev–Trinajstić information content (AvgIpc) is 2.59. The summed E-state index contributed by atoms with van der Waals surface area (Å²) >= 11 is 0. The van der Waals surface area contributed by atoms with Crippen LogP contribution in [-0.4, -0.2) is 22.6 Å². The van der Waals surface area contributed by atoms with E-state index in [0.717, 1.165) is 6.42 Å². The summed E-state index contributed by atoms with van der Waals surface area (Å²) in [5.74, 6) is 0. The molecule has 0 amide bonds. The number of imidazole rings is 1. The number of hydrogen-bond donors (Lipinski definition) is 2. The highest BCUT2D eigenvalue weighted by Crippen LogP contribution is 2.10. The lowest BCUT2D eigenvalue weighted by Gasteiger charge is -2.22. The number of halogens is 2. The van der Waals surface area contributed by atoms with Gasteiger partial charge in [0.15, 0.2) is 0 Å². The molecule has 2 rings (SSSR count). The Morgan fingerprint density at radius 2 is 2.21 bits per heavy atom. The average molecular weight is 327 g/mol. The Balaban J connectivity index is 0.000000845. The molecule has 1 atom stereocenters. The molecule has 0 aliphatic carbocycles. The van der Waals surface area contributed by atoms with Crippen LogP contribution in [0.25, 0.3) is 0 Å². The highest BCUT2D eigenvalue weighted by molar-refractivity contribution is 8.93. The minimum atomic E-state index is 0. The standard InChI is InChI=1S/C9H15N3.2BrH/c1-2-4-11-8(3-1)5-9-6-10-7-12-9;;/h6-8,11H,1-5H2,(H,10,12);2*1H. The summed E-state index contributed by atoms with van der Waals surface area (Å²) in [6.07, 6.45) is 8.76. The minimum Gasteiger partial charge on any atom is -0.348 e. The van der Waals surface area contributed by atoms with E-state index in [-0.39, 0.29) is 34.0 Å². The second-order valence-electron chi connectivity index (χ2n) is 3.43. The first-order valence-corrected chi connectivity index (χ1v) is 4.66. The molecular formula is C9H17Br2N3. The normalized spacial score (nSPS) is 20.7. The van der Waals surface area contributed by atoms with Gasteiger partial charge in [0.05, 0.1) is 6.33 Å². The van der Waals surface area contributed by atoms with E-state index in [9.17, 15) is 0 Å². The summed E-state index contributed by atoms with van der Waals surface area (Å²) in [5, 5.41) is 3.51. The van der Waals surface area contributed by atoms with Crippen molar-refractivity contribution in [2.45, 2.75) is 31.7 Å². The fourth-order valence-electron chi connectivity index (χ4n) is 1.76. The molecule has 0 bridgehead atoms. The molecule has 5 heteroatoms. The zero-order valence-corrected chi connectivity index (χ0v) is 11.5. The van der Waals surface area contributed by atoms with Crippen molar-refractivity contribution in [1.82, 2.24) is 15.3 Å². The third kappa shape index (κ3) is 4.11. The van der Waals surface area contributed by atoms with Crippen LogP contribution in [-0.2, 0) is 6.42 Å². The predicted molar refractivity (Wildman–Crippen MR) is 68.6 cm³/mol. The summed E-state index contributed by atoms with van der Waals surface area (Å²) < 4.78 is 0. The maximum atomic E-state index is 4.00. The van der Waals surface area contributed by atoms with E-state index in [1.165, 1.54) is 31.5 Å². The second-order valence-corrected chi connectivity index (χ2v) is 3.43. The molecule has 0 spiro atoms. The molecule has 2 N–H and O–H groups in total. The molecule has 1 aliphatic rings. The maximum Gasteiger partial charge on any atom is 0.0921 e. The van der Waals surface area contributed by atoms with Gasteiger partial charge in [0.2, 0.25) is 0 Å². The van der Waals surface area contributed by atoms with Crippen LogP contribution in [0.5, 0.6) is 0 Å². The van der Waals surface area contributed by atoms with Crippen LogP contribution in [0.2, 0.25) is 0 Å². The molecule has 82 valence electrons. The van der Waals surface area contributed by atoms with E-state index in [1.54, 1.807) is 6.33 Å². The Kier molecular flexibility index (Phi) is 7.49. The third-order valence-corrected chi connectivity index (χ3v) is 2.43. The number of rotatable bonds is 2. The van der Waals surface area contributed by atoms with Crippen molar-refractivity contribution in [3.8, 4) is 0 Å². The molecular weight excluding hydrogens is 310 g/mol. The second kappa shape index (κ2) is 7.43. The minimum absolute atomic E-state index is 0. The molecule has 1 saturated heterocycles. The van der Waals surface area contributed by atoms with Crippen LogP contribution >= 0.6 is 34.0 Å². The maximum absolute atomic E-state index is 4.00. The van der Waals surface area contributed by atoms with E-state index >= 15 is 0 Å². The van der Waals surface area contributed by atoms with Crippen molar-refractivity contribution >= 4 is 34.0 Å². The number of nitrogens with zero attached hydrogens (tertiary/aromatic N) is 1. The van der Waals surface area contributed by atoms with Gasteiger partial charge in [-0.3, -0.25) is 0 Å². The number of aromatic amines is 1. The Labute approximate surface area is 106 Å². The topological polar surface area (TPSA) is 40.7 Å². The lowest BCUT2D eigenvalue weighted by molar-refractivity contribution is 0.397. The Morgan fingerprint density at radius 1 is 1.36 bits per heavy atom. The zero-order chi connectivity index (χ0) is 8.23. The predicted octanol–water partition coefficient (Wildman–Crippen LogP) is 2.25. The molecule has 1 aromatic heterocycles. The van der Waals surface area contributed by atoms with Crippen LogP contribution in [0.3, 0.4) is 0 Å². The first kappa shape index (κ1) is 14.1. The summed E-state index contributed by atoms with van der Waals surface area (Å²) in [7, 11) is 0. The number of piperidine rings is 1. The fraction of sp³-hybridized carbons (Fsp3) is 0.667. The van der Waals surface area contributed by atoms with Crippen molar-refractivity contribution in [1.29, 1.82) is 0 Å². The quantitative estimate of drug-likeness (QED) is 0.875. The van der Waals surface area contributed by atoms with Gasteiger partial charge in [-0.05, 0) is 19.4 Å². The van der Waals surface area contributed by atoms with Gasteiger partial charge in [-0.1, -0.05) is 6.42 Å². The van der Waals surface area contributed by atoms with Crippen LogP contribution in [0, 0.1) is 0 Å². The van der Waals surface area contributed by atoms with Gasteiger partial charge in [0, 0.05) is 24.4 Å². The third-order valence-electron chi connectivity index (χ3n) is 2.43. The van der Waals surface area contributed by atoms with Gasteiger partial charge in [-0.25, -0.2) is 4.98 Å². The van der Waals surface area contributed by atoms with E-state index in [1.807, 2.05) is 6.20 Å². The molecule has 2 heterocycles. The van der Waals surface area contributed by atoms with Gasteiger partial charge in [-0.2, -0.15) is 0 Å². The molecule has 0 aromatic carbocycles. The SMILES string of the molecule is Br.Br.c1ncc(CC2CCCCN2)[nH]1. The number of hydrogen-bond acceptors (Lipinski definition) is 2. The van der Waals surface area contributed by atoms with Crippen LogP contribution < -0.4 is 5.32 Å². The summed E-state index contributed by atoms with van der Waals surface area (Å²) in [5.41, 5.74) is 1.24. The van der Waals surface area contributed by atoms with Crippen LogP contribution in [0.4, 0.5) is 0 Å². The van der Waals surface area contributed by atoms with Crippen molar-refractivity contribution in [3.63, 3.8) is 0 Å². The van der Waals surface area contributed by atoms with E-state index in [2.05, 4.69) is 15.3 Å². The highest BCUT2D eigenvalue weighted by Gasteiger charge is 2.12. The van der Waals surface area contributed by atoms with E-state index < -0.39 is 0 Å². The molecule has 14 heavy (non-hydrogen) atoms. The summed E-state index contributed by atoms with van der Waals surface area (Å²) in [4.78, 5) is 7.14. The van der Waals surface area contributed by atoms with Gasteiger partial charge in [0.1, 0.15) is 0 Å². The number of H-pyrrole nitrogens is 1. The Morgan fingerprint density at radius 3 is 2.79 bits per heavy atom. The lowest BCUT2D eigenvalue weighted by atomic mass is 10.0. The molecule has 1 aliphatic heterocycles. The first-order chi connectivity index (χ1) is 5.95. The highest BCUT2D eigenvalue weighted by atomic mass is 79.9. The van der Waals surface area contributed by atoms with Gasteiger partial charge in [0.25, 0.3) is 0 Å². The Bertz CT molecular complexity index is 220. The first-order valence-electron chi connectivity index (χ1n) is 4.66. The monoisotopic (exact) mass is 325 g/mol. The summed E-state index contributed by atoms with van der Waals surface area (Å²) in [6.45, 7) is 1.18. The van der Waals surface area contributed by atoms with E-state index in [0.29, 0.717) is 6.04 Å². The molecule has 0 radical (unpaired) electrons. The lowest BCUT2D eigenvalue weighted by Crippen LogP contribution is -2.35. The Hall–Kier alpha value is 0.130. The summed E-state index contributed by atoms with van der Waals surface area (Å²) in [6, 6.07) is 0.666. The molecule has 0 saturated carbocycles. The fourth-order valence-corrected chi connectivity index (χ4v) is 1.76. The molecule has 3 nitrogen and oxygen atoms in total. The number of aromatic nitrogens is 2. The van der Waals surface area contributed by atoms with Crippen molar-refractivity contribution in [3.05, 3.63) is 18.2 Å². The van der Waals surface area contributed by atoms with Crippen molar-refractivity contribution in [2.24, 2.45) is 0 Å². The molecule has 1 unspecified atom stereocenters. The van der Waals surface area contributed by atoms with Crippen molar-refractivity contribution in [2.75, 3.05) is 6.54 Å². The molecule has 1 fully saturated rings. The zero-order valence-electron chi connectivity index (χ0n) is 8.03. The largest absolute Gasteiger partial charge is 0.348 e. The van der Waals surface area contributed by atoms with E-state index in [4.69, 9.17) is 0 Å². The van der Waals surface area contributed by atoms with Crippen molar-refractivity contribution < 1.29 is 0 Å². The smallest absolute Gasteiger partial charge is 0.0921 e. The van der Waals surface area contributed by atoms with Crippen LogP contribution in [0.15, 0.2) is 12.5 Å². The van der Waals surface area contributed by atoms with Crippen LogP contribution in [0.1, 0.15) is 25.0 Å². The molecule has 1 aromatic rings. The van der Waals surface area contributed by atoms with Gasteiger partial charge >= 0.3 is 0 Å². The van der Waals surface area contributed by atoms with Gasteiger partial charge < -0.3 is 10.3 Å². The number of nitrogens with one attached hydrogen (secondary N) is 2. The van der Waals surface area contributed by atoms with Gasteiger partial charge in [-0.15, -0.1) is 34.0 Å².